The fraction of sp³-hybridized carbons (Fsp3) is 0.263. The number of hydrazine groups is 1. The van der Waals surface area contributed by atoms with Crippen LogP contribution < -0.4 is 10.9 Å². The molecule has 0 fully saturated rings. The molecule has 2 rings (SSSR count). The van der Waals surface area contributed by atoms with Crippen molar-refractivity contribution in [1.82, 2.24) is 10.9 Å². The molecule has 124 valence electrons. The van der Waals surface area contributed by atoms with Crippen LogP contribution >= 0.6 is 0 Å². The summed E-state index contributed by atoms with van der Waals surface area (Å²) in [5.41, 5.74) is 6.82. The van der Waals surface area contributed by atoms with Gasteiger partial charge in [-0.15, -0.1) is 0 Å². The highest BCUT2D eigenvalue weighted by Crippen LogP contribution is 2.02. The summed E-state index contributed by atoms with van der Waals surface area (Å²) in [6.07, 6.45) is 0. The minimum atomic E-state index is -0.346. The number of amides is 2. The fourth-order valence-electron chi connectivity index (χ4n) is 1.55. The van der Waals surface area contributed by atoms with Crippen LogP contribution in [0.25, 0.3) is 0 Å². The Morgan fingerprint density at radius 1 is 0.652 bits per heavy atom. The van der Waals surface area contributed by atoms with Crippen molar-refractivity contribution in [3.05, 3.63) is 71.3 Å². The number of carbonyl (C=O) groups excluding carboxylic acids is 2. The van der Waals surface area contributed by atoms with Crippen LogP contribution in [0.2, 0.25) is 0 Å². The minimum Gasteiger partial charge on any atom is -0.267 e. The summed E-state index contributed by atoms with van der Waals surface area (Å²) in [5.74, 6) is -0.689. The summed E-state index contributed by atoms with van der Waals surface area (Å²) in [4.78, 5) is 23.5. The molecule has 4 nitrogen and oxygen atoms in total. The Morgan fingerprint density at radius 3 is 1.48 bits per heavy atom. The van der Waals surface area contributed by atoms with Crippen LogP contribution in [0.1, 0.15) is 54.0 Å². The van der Waals surface area contributed by atoms with Gasteiger partial charge in [-0.1, -0.05) is 63.6 Å². The molecule has 0 spiro atoms. The van der Waals surface area contributed by atoms with Gasteiger partial charge in [-0.25, -0.2) is 0 Å². The van der Waals surface area contributed by atoms with Gasteiger partial charge < -0.3 is 0 Å². The van der Waals surface area contributed by atoms with E-state index in [0.717, 1.165) is 5.56 Å². The number of hydrogen-bond donors (Lipinski definition) is 2. The maximum Gasteiger partial charge on any atom is 0.269 e. The first-order chi connectivity index (χ1) is 11.2. The third-order valence-corrected chi connectivity index (χ3v) is 2.64. The SMILES string of the molecule is CC.CC.Cc1ccc(C(=O)NNC(=O)c2ccccc2)cc1. The maximum atomic E-state index is 11.8. The Hall–Kier alpha value is -2.62. The van der Waals surface area contributed by atoms with Crippen molar-refractivity contribution in [3.8, 4) is 0 Å². The number of nitrogens with one attached hydrogen (secondary N) is 2. The summed E-state index contributed by atoms with van der Waals surface area (Å²) in [5, 5.41) is 0. The number of rotatable bonds is 2. The normalized spacial score (nSPS) is 8.57. The Morgan fingerprint density at radius 2 is 1.04 bits per heavy atom. The van der Waals surface area contributed by atoms with Crippen LogP contribution in [0.5, 0.6) is 0 Å². The van der Waals surface area contributed by atoms with E-state index in [1.165, 1.54) is 0 Å². The first-order valence-corrected chi connectivity index (χ1v) is 7.89. The minimum absolute atomic E-state index is 0.343. The quantitative estimate of drug-likeness (QED) is 0.819. The van der Waals surface area contributed by atoms with E-state index in [0.29, 0.717) is 11.1 Å². The zero-order chi connectivity index (χ0) is 17.7. The van der Waals surface area contributed by atoms with Crippen LogP contribution in [0.3, 0.4) is 0 Å². The van der Waals surface area contributed by atoms with E-state index in [1.54, 1.807) is 36.4 Å². The highest BCUT2D eigenvalue weighted by molar-refractivity contribution is 5.99. The van der Waals surface area contributed by atoms with E-state index in [9.17, 15) is 9.59 Å². The van der Waals surface area contributed by atoms with E-state index in [-0.39, 0.29) is 11.8 Å². The van der Waals surface area contributed by atoms with Gasteiger partial charge in [-0.3, -0.25) is 20.4 Å². The molecule has 2 N–H and O–H groups in total. The standard InChI is InChI=1S/C15H14N2O2.2C2H6/c1-11-7-9-13(10-8-11)15(19)17-16-14(18)12-5-3-2-4-6-12;2*1-2/h2-10H,1H3,(H,16,18)(H,17,19);2*1-2H3. The molecule has 4 heteroatoms. The Labute approximate surface area is 138 Å². The lowest BCUT2D eigenvalue weighted by molar-refractivity contribution is 0.0846. The Bertz CT molecular complexity index is 578. The molecular formula is C19H26N2O2. The molecule has 0 atom stereocenters. The molecule has 0 aliphatic rings. The Kier molecular flexibility index (Phi) is 10.6. The van der Waals surface area contributed by atoms with Crippen LogP contribution in [0.15, 0.2) is 54.6 Å². The van der Waals surface area contributed by atoms with E-state index in [1.807, 2.05) is 52.8 Å². The molecule has 0 aromatic heterocycles. The molecule has 2 aromatic rings. The van der Waals surface area contributed by atoms with Gasteiger partial charge in [0.25, 0.3) is 11.8 Å². The smallest absolute Gasteiger partial charge is 0.267 e. The number of benzene rings is 2. The summed E-state index contributed by atoms with van der Waals surface area (Å²) in [6.45, 7) is 9.94. The van der Waals surface area contributed by atoms with Gasteiger partial charge in [0.2, 0.25) is 0 Å². The second kappa shape index (κ2) is 12.0. The van der Waals surface area contributed by atoms with Crippen molar-refractivity contribution in [2.75, 3.05) is 0 Å². The van der Waals surface area contributed by atoms with E-state index in [4.69, 9.17) is 0 Å². The van der Waals surface area contributed by atoms with Crippen LogP contribution in [-0.2, 0) is 0 Å². The second-order valence-corrected chi connectivity index (χ2v) is 4.14. The van der Waals surface area contributed by atoms with Crippen molar-refractivity contribution in [2.45, 2.75) is 34.6 Å². The molecule has 0 saturated heterocycles. The molecule has 23 heavy (non-hydrogen) atoms. The molecule has 0 aliphatic heterocycles. The lowest BCUT2D eigenvalue weighted by Gasteiger charge is -2.07. The molecule has 0 unspecified atom stereocenters. The first-order valence-electron chi connectivity index (χ1n) is 7.89. The molecule has 0 heterocycles. The van der Waals surface area contributed by atoms with Gasteiger partial charge in [0.1, 0.15) is 0 Å². The summed E-state index contributed by atoms with van der Waals surface area (Å²) >= 11 is 0. The maximum absolute atomic E-state index is 11.8. The van der Waals surface area contributed by atoms with E-state index < -0.39 is 0 Å². The van der Waals surface area contributed by atoms with Gasteiger partial charge in [0.05, 0.1) is 0 Å². The van der Waals surface area contributed by atoms with Crippen LogP contribution in [-0.4, -0.2) is 11.8 Å². The number of carbonyl (C=O) groups is 2. The van der Waals surface area contributed by atoms with Crippen molar-refractivity contribution in [1.29, 1.82) is 0 Å². The van der Waals surface area contributed by atoms with Crippen molar-refractivity contribution in [2.24, 2.45) is 0 Å². The topological polar surface area (TPSA) is 58.2 Å². The first kappa shape index (κ1) is 20.4. The number of hydrogen-bond acceptors (Lipinski definition) is 2. The Balaban J connectivity index is 0.00000112. The van der Waals surface area contributed by atoms with Crippen LogP contribution in [0.4, 0.5) is 0 Å². The van der Waals surface area contributed by atoms with Gasteiger partial charge in [-0.05, 0) is 31.2 Å². The highest BCUT2D eigenvalue weighted by Gasteiger charge is 2.08. The third kappa shape index (κ3) is 7.27. The predicted molar refractivity (Wildman–Crippen MR) is 95.2 cm³/mol. The molecule has 0 radical (unpaired) electrons. The largest absolute Gasteiger partial charge is 0.269 e. The number of aryl methyl sites for hydroxylation is 1. The summed E-state index contributed by atoms with van der Waals surface area (Å²) < 4.78 is 0. The van der Waals surface area contributed by atoms with Gasteiger partial charge in [-0.2, -0.15) is 0 Å². The lowest BCUT2D eigenvalue weighted by atomic mass is 10.1. The summed E-state index contributed by atoms with van der Waals surface area (Å²) in [6, 6.07) is 15.8. The van der Waals surface area contributed by atoms with Crippen molar-refractivity contribution in [3.63, 3.8) is 0 Å². The predicted octanol–water partition coefficient (Wildman–Crippen LogP) is 4.12. The zero-order valence-electron chi connectivity index (χ0n) is 14.5. The average Bonchev–Trinajstić information content (AvgIpc) is 2.64. The van der Waals surface area contributed by atoms with Crippen LogP contribution in [0, 0.1) is 6.92 Å². The summed E-state index contributed by atoms with van der Waals surface area (Å²) in [7, 11) is 0. The zero-order valence-corrected chi connectivity index (χ0v) is 14.5. The molecule has 0 aliphatic carbocycles. The van der Waals surface area contributed by atoms with Gasteiger partial charge >= 0.3 is 0 Å². The molecular weight excluding hydrogens is 288 g/mol. The van der Waals surface area contributed by atoms with E-state index in [2.05, 4.69) is 10.9 Å². The monoisotopic (exact) mass is 314 g/mol. The second-order valence-electron chi connectivity index (χ2n) is 4.14. The lowest BCUT2D eigenvalue weighted by Crippen LogP contribution is -2.41. The van der Waals surface area contributed by atoms with Gasteiger partial charge in [0, 0.05) is 11.1 Å². The molecule has 2 aromatic carbocycles. The van der Waals surface area contributed by atoms with Crippen molar-refractivity contribution >= 4 is 11.8 Å². The molecule has 0 saturated carbocycles. The third-order valence-electron chi connectivity index (χ3n) is 2.64. The fourth-order valence-corrected chi connectivity index (χ4v) is 1.55. The van der Waals surface area contributed by atoms with Crippen molar-refractivity contribution < 1.29 is 9.59 Å². The molecule has 2 amide bonds. The van der Waals surface area contributed by atoms with E-state index >= 15 is 0 Å². The highest BCUT2D eigenvalue weighted by atomic mass is 16.2. The van der Waals surface area contributed by atoms with Gasteiger partial charge in [0.15, 0.2) is 0 Å². The average molecular weight is 314 g/mol. The molecule has 0 bridgehead atoms.